The van der Waals surface area contributed by atoms with E-state index in [4.69, 9.17) is 4.74 Å². The molecule has 0 radical (unpaired) electrons. The highest BCUT2D eigenvalue weighted by molar-refractivity contribution is 6.01. The highest BCUT2D eigenvalue weighted by atomic mass is 16.6. The molecule has 1 amide bonds. The van der Waals surface area contributed by atoms with Gasteiger partial charge in [0.1, 0.15) is 11.6 Å². The van der Waals surface area contributed by atoms with Crippen LogP contribution in [0.25, 0.3) is 0 Å². The van der Waals surface area contributed by atoms with Crippen LogP contribution < -0.4 is 5.32 Å². The Morgan fingerprint density at radius 2 is 1.91 bits per heavy atom. The molecular weight excluding hydrogens is 290 g/mol. The number of ether oxygens (including phenoxy) is 1. The van der Waals surface area contributed by atoms with Gasteiger partial charge in [0.2, 0.25) is 5.78 Å². The average molecular weight is 313 g/mol. The summed E-state index contributed by atoms with van der Waals surface area (Å²) < 4.78 is 5.24. The average Bonchev–Trinajstić information content (AvgIpc) is 3.27. The molecule has 1 aliphatic carbocycles. The van der Waals surface area contributed by atoms with Crippen LogP contribution in [0.2, 0.25) is 0 Å². The normalized spacial score (nSPS) is 15.1. The first kappa shape index (κ1) is 17.1. The molecule has 0 aliphatic heterocycles. The van der Waals surface area contributed by atoms with Crippen molar-refractivity contribution in [3.63, 3.8) is 0 Å². The topological polar surface area (TPSA) is 55.4 Å². The van der Waals surface area contributed by atoms with Gasteiger partial charge in [-0.2, -0.15) is 0 Å². The summed E-state index contributed by atoms with van der Waals surface area (Å²) in [5, 5.41) is 2.65. The smallest absolute Gasteiger partial charge is 0.408 e. The molecule has 122 valence electrons. The fourth-order valence-corrected chi connectivity index (χ4v) is 2.00. The zero-order chi connectivity index (χ0) is 16.9. The molecular formula is C19H23NO3. The van der Waals surface area contributed by atoms with Crippen molar-refractivity contribution in [3.8, 4) is 11.8 Å². The van der Waals surface area contributed by atoms with Crippen molar-refractivity contribution in [1.29, 1.82) is 0 Å². The summed E-state index contributed by atoms with van der Waals surface area (Å²) >= 11 is 0. The second-order valence-corrected chi connectivity index (χ2v) is 6.80. The van der Waals surface area contributed by atoms with Crippen molar-refractivity contribution in [3.05, 3.63) is 35.9 Å². The Morgan fingerprint density at radius 1 is 1.26 bits per heavy atom. The van der Waals surface area contributed by atoms with E-state index < -0.39 is 17.7 Å². The predicted octanol–water partition coefficient (Wildman–Crippen LogP) is 3.10. The lowest BCUT2D eigenvalue weighted by molar-refractivity contribution is -0.115. The number of nitrogens with one attached hydrogen (secondary N) is 1. The van der Waals surface area contributed by atoms with Gasteiger partial charge in [0.15, 0.2) is 0 Å². The Morgan fingerprint density at radius 3 is 2.48 bits per heavy atom. The van der Waals surface area contributed by atoms with E-state index in [1.54, 1.807) is 20.8 Å². The van der Waals surface area contributed by atoms with Gasteiger partial charge >= 0.3 is 6.09 Å². The first-order valence-electron chi connectivity index (χ1n) is 7.92. The number of Topliss-reactive ketones (excluding diaryl/α,β-unsaturated/α-hetero) is 1. The van der Waals surface area contributed by atoms with E-state index in [2.05, 4.69) is 17.2 Å². The molecule has 4 heteroatoms. The van der Waals surface area contributed by atoms with Crippen molar-refractivity contribution >= 4 is 11.9 Å². The molecule has 0 saturated heterocycles. The number of ketones is 1. The fourth-order valence-electron chi connectivity index (χ4n) is 2.00. The molecule has 0 aromatic heterocycles. The third kappa shape index (κ3) is 6.56. The zero-order valence-electron chi connectivity index (χ0n) is 13.9. The Balaban J connectivity index is 2.05. The third-order valence-corrected chi connectivity index (χ3v) is 3.27. The van der Waals surface area contributed by atoms with Crippen LogP contribution in [-0.2, 0) is 16.0 Å². The first-order chi connectivity index (χ1) is 10.8. The van der Waals surface area contributed by atoms with E-state index in [9.17, 15) is 9.59 Å². The highest BCUT2D eigenvalue weighted by Crippen LogP contribution is 2.27. The van der Waals surface area contributed by atoms with Gasteiger partial charge in [-0.15, -0.1) is 0 Å². The van der Waals surface area contributed by atoms with E-state index in [1.807, 2.05) is 30.3 Å². The molecule has 1 aromatic rings. The minimum atomic E-state index is -0.696. The van der Waals surface area contributed by atoms with Crippen LogP contribution in [0.3, 0.4) is 0 Å². The van der Waals surface area contributed by atoms with Crippen LogP contribution >= 0.6 is 0 Å². The number of amides is 1. The van der Waals surface area contributed by atoms with Crippen molar-refractivity contribution in [2.45, 2.75) is 51.7 Å². The third-order valence-electron chi connectivity index (χ3n) is 3.27. The van der Waals surface area contributed by atoms with Gasteiger partial charge in [-0.05, 0) is 45.1 Å². The molecule has 0 spiro atoms. The summed E-state index contributed by atoms with van der Waals surface area (Å²) in [6.07, 6.45) is 1.92. The molecule has 1 unspecified atom stereocenters. The van der Waals surface area contributed by atoms with Crippen molar-refractivity contribution in [1.82, 2.24) is 5.32 Å². The van der Waals surface area contributed by atoms with Crippen LogP contribution in [0.4, 0.5) is 4.79 Å². The van der Waals surface area contributed by atoms with Crippen LogP contribution in [0.5, 0.6) is 0 Å². The number of alkyl carbamates (subject to hydrolysis) is 1. The van der Waals surface area contributed by atoms with Crippen molar-refractivity contribution in [2.24, 2.45) is 5.92 Å². The zero-order valence-corrected chi connectivity index (χ0v) is 13.9. The van der Waals surface area contributed by atoms with E-state index in [1.165, 1.54) is 0 Å². The number of benzene rings is 1. The molecule has 0 heterocycles. The Bertz CT molecular complexity index is 616. The molecule has 1 N–H and O–H groups in total. The minimum absolute atomic E-state index is 0.272. The van der Waals surface area contributed by atoms with Crippen LogP contribution in [0, 0.1) is 17.8 Å². The SMILES string of the molecule is CC(C)(C)OC(=O)NC(Cc1ccccc1)C(=O)C#CC1CC1. The van der Waals surface area contributed by atoms with Gasteiger partial charge in [0.05, 0.1) is 0 Å². The maximum Gasteiger partial charge on any atom is 0.408 e. The summed E-state index contributed by atoms with van der Waals surface area (Å²) in [4.78, 5) is 24.3. The summed E-state index contributed by atoms with van der Waals surface area (Å²) in [6.45, 7) is 5.36. The lowest BCUT2D eigenvalue weighted by Gasteiger charge is -2.22. The van der Waals surface area contributed by atoms with Crippen molar-refractivity contribution in [2.75, 3.05) is 0 Å². The van der Waals surface area contributed by atoms with Crippen LogP contribution in [0.15, 0.2) is 30.3 Å². The van der Waals surface area contributed by atoms with Gasteiger partial charge < -0.3 is 10.1 Å². The molecule has 1 saturated carbocycles. The standard InChI is InChI=1S/C19H23NO3/c1-19(2,3)23-18(22)20-16(13-15-7-5-4-6-8-15)17(21)12-11-14-9-10-14/h4-8,14,16H,9-10,13H2,1-3H3,(H,20,22). The van der Waals surface area contributed by atoms with Gasteiger partial charge in [-0.25, -0.2) is 4.79 Å². The Kier molecular flexibility index (Phi) is 5.44. The lowest BCUT2D eigenvalue weighted by Crippen LogP contribution is -2.44. The molecule has 1 aromatic carbocycles. The van der Waals surface area contributed by atoms with Crippen LogP contribution in [-0.4, -0.2) is 23.5 Å². The van der Waals surface area contributed by atoms with Gasteiger partial charge in [0, 0.05) is 12.3 Å². The minimum Gasteiger partial charge on any atom is -0.444 e. The van der Waals surface area contributed by atoms with Crippen LogP contribution in [0.1, 0.15) is 39.2 Å². The lowest BCUT2D eigenvalue weighted by atomic mass is 10.0. The van der Waals surface area contributed by atoms with Crippen molar-refractivity contribution < 1.29 is 14.3 Å². The first-order valence-corrected chi connectivity index (χ1v) is 7.92. The summed E-state index contributed by atoms with van der Waals surface area (Å²) in [7, 11) is 0. The van der Waals surface area contributed by atoms with E-state index in [0.717, 1.165) is 18.4 Å². The van der Waals surface area contributed by atoms with E-state index in [-0.39, 0.29) is 5.78 Å². The van der Waals surface area contributed by atoms with Gasteiger partial charge in [0.25, 0.3) is 0 Å². The fraction of sp³-hybridized carbons (Fsp3) is 0.474. The van der Waals surface area contributed by atoms with E-state index >= 15 is 0 Å². The van der Waals surface area contributed by atoms with Gasteiger partial charge in [-0.3, -0.25) is 4.79 Å². The quantitative estimate of drug-likeness (QED) is 0.686. The molecule has 1 atom stereocenters. The highest BCUT2D eigenvalue weighted by Gasteiger charge is 2.24. The predicted molar refractivity (Wildman–Crippen MR) is 88.8 cm³/mol. The van der Waals surface area contributed by atoms with Gasteiger partial charge in [-0.1, -0.05) is 36.3 Å². The number of carbonyl (C=O) groups excluding carboxylic acids is 2. The maximum atomic E-state index is 12.3. The molecule has 1 aliphatic rings. The Hall–Kier alpha value is -2.28. The summed E-state index contributed by atoms with van der Waals surface area (Å²) in [5.41, 5.74) is 0.361. The molecule has 0 bridgehead atoms. The molecule has 1 fully saturated rings. The van der Waals surface area contributed by atoms with E-state index in [0.29, 0.717) is 12.3 Å². The summed E-state index contributed by atoms with van der Waals surface area (Å²) in [5.74, 6) is 5.70. The molecule has 4 nitrogen and oxygen atoms in total. The second kappa shape index (κ2) is 7.32. The number of carbonyl (C=O) groups is 2. The number of rotatable bonds is 4. The second-order valence-electron chi connectivity index (χ2n) is 6.80. The molecule has 23 heavy (non-hydrogen) atoms. The summed E-state index contributed by atoms with van der Waals surface area (Å²) in [6, 6.07) is 8.87. The molecule has 2 rings (SSSR count). The monoisotopic (exact) mass is 313 g/mol. The number of hydrogen-bond acceptors (Lipinski definition) is 3. The largest absolute Gasteiger partial charge is 0.444 e. The number of hydrogen-bond donors (Lipinski definition) is 1. The Labute approximate surface area is 137 Å². The maximum absolute atomic E-state index is 12.3.